The molecule has 2 rings (SSSR count). The van der Waals surface area contributed by atoms with Crippen LogP contribution in [0.15, 0.2) is 4.99 Å². The van der Waals surface area contributed by atoms with Crippen molar-refractivity contribution in [3.8, 4) is 0 Å². The molecule has 0 unspecified atom stereocenters. The Hall–Kier alpha value is -0.810. The SMILES string of the molecule is NC(N)=NCC1(N2CCCC2)CCOCC1. The van der Waals surface area contributed by atoms with Gasteiger partial charge in [0.25, 0.3) is 0 Å². The van der Waals surface area contributed by atoms with Crippen molar-refractivity contribution in [3.63, 3.8) is 0 Å². The van der Waals surface area contributed by atoms with Crippen molar-refractivity contribution >= 4 is 5.96 Å². The number of guanidine groups is 1. The van der Waals surface area contributed by atoms with E-state index in [1.54, 1.807) is 0 Å². The van der Waals surface area contributed by atoms with Gasteiger partial charge in [-0.1, -0.05) is 0 Å². The minimum absolute atomic E-state index is 0.152. The van der Waals surface area contributed by atoms with Crippen LogP contribution < -0.4 is 11.5 Å². The lowest BCUT2D eigenvalue weighted by Crippen LogP contribution is -2.53. The minimum atomic E-state index is 0.152. The molecule has 0 bridgehead atoms. The first-order valence-electron chi connectivity index (χ1n) is 6.11. The third kappa shape index (κ3) is 2.47. The molecule has 2 aliphatic heterocycles. The molecule has 16 heavy (non-hydrogen) atoms. The molecule has 5 nitrogen and oxygen atoms in total. The summed E-state index contributed by atoms with van der Waals surface area (Å²) < 4.78 is 5.45. The Morgan fingerprint density at radius 3 is 2.38 bits per heavy atom. The maximum Gasteiger partial charge on any atom is 0.185 e. The molecule has 0 aromatic rings. The van der Waals surface area contributed by atoms with Gasteiger partial charge in [-0.2, -0.15) is 0 Å². The van der Waals surface area contributed by atoms with E-state index in [0.29, 0.717) is 0 Å². The molecule has 0 radical (unpaired) electrons. The number of ether oxygens (including phenoxy) is 1. The molecular formula is C11H22N4O. The van der Waals surface area contributed by atoms with E-state index in [0.717, 1.165) is 32.6 Å². The van der Waals surface area contributed by atoms with Gasteiger partial charge in [0.2, 0.25) is 0 Å². The molecule has 0 aromatic heterocycles. The molecular weight excluding hydrogens is 204 g/mol. The summed E-state index contributed by atoms with van der Waals surface area (Å²) in [5.74, 6) is 0.199. The van der Waals surface area contributed by atoms with Gasteiger partial charge in [0.15, 0.2) is 5.96 Å². The molecule has 0 saturated carbocycles. The molecule has 4 N–H and O–H groups in total. The molecule has 2 heterocycles. The van der Waals surface area contributed by atoms with Gasteiger partial charge < -0.3 is 16.2 Å². The summed E-state index contributed by atoms with van der Waals surface area (Å²) >= 11 is 0. The van der Waals surface area contributed by atoms with Crippen LogP contribution in [0.1, 0.15) is 25.7 Å². The van der Waals surface area contributed by atoms with E-state index in [-0.39, 0.29) is 11.5 Å². The number of hydrogen-bond acceptors (Lipinski definition) is 3. The highest BCUT2D eigenvalue weighted by atomic mass is 16.5. The maximum atomic E-state index is 5.45. The van der Waals surface area contributed by atoms with Crippen molar-refractivity contribution in [2.75, 3.05) is 32.8 Å². The molecule has 0 aromatic carbocycles. The van der Waals surface area contributed by atoms with Crippen LogP contribution in [0.2, 0.25) is 0 Å². The lowest BCUT2D eigenvalue weighted by Gasteiger charge is -2.43. The molecule has 2 fully saturated rings. The highest BCUT2D eigenvalue weighted by molar-refractivity contribution is 5.75. The van der Waals surface area contributed by atoms with Crippen LogP contribution in [0.4, 0.5) is 0 Å². The van der Waals surface area contributed by atoms with E-state index in [2.05, 4.69) is 9.89 Å². The fraction of sp³-hybridized carbons (Fsp3) is 0.909. The van der Waals surface area contributed by atoms with E-state index in [1.807, 2.05) is 0 Å². The first kappa shape index (κ1) is 11.7. The Morgan fingerprint density at radius 1 is 1.19 bits per heavy atom. The Bertz CT molecular complexity index is 251. The van der Waals surface area contributed by atoms with E-state index in [1.165, 1.54) is 25.9 Å². The summed E-state index contributed by atoms with van der Waals surface area (Å²) in [5.41, 5.74) is 11.0. The van der Waals surface area contributed by atoms with Crippen molar-refractivity contribution in [2.45, 2.75) is 31.2 Å². The summed E-state index contributed by atoms with van der Waals surface area (Å²) in [5, 5.41) is 0. The summed E-state index contributed by atoms with van der Waals surface area (Å²) in [6.45, 7) is 4.74. The molecule has 2 aliphatic rings. The summed E-state index contributed by atoms with van der Waals surface area (Å²) in [7, 11) is 0. The second kappa shape index (κ2) is 5.01. The van der Waals surface area contributed by atoms with Crippen molar-refractivity contribution in [1.82, 2.24) is 4.90 Å². The van der Waals surface area contributed by atoms with Crippen LogP contribution in [0.25, 0.3) is 0 Å². The largest absolute Gasteiger partial charge is 0.381 e. The van der Waals surface area contributed by atoms with Gasteiger partial charge in [-0.25, -0.2) is 0 Å². The number of nitrogens with two attached hydrogens (primary N) is 2. The average Bonchev–Trinajstić information content (AvgIpc) is 2.82. The Labute approximate surface area is 96.8 Å². The fourth-order valence-corrected chi connectivity index (χ4v) is 2.76. The smallest absolute Gasteiger partial charge is 0.185 e. The zero-order valence-electron chi connectivity index (χ0n) is 9.82. The standard InChI is InChI=1S/C11H22N4O/c12-10(13)14-9-11(3-7-16-8-4-11)15-5-1-2-6-15/h1-9H2,(H4,12,13,14). The second-order valence-corrected chi connectivity index (χ2v) is 4.77. The average molecular weight is 226 g/mol. The van der Waals surface area contributed by atoms with Crippen molar-refractivity contribution in [2.24, 2.45) is 16.5 Å². The number of rotatable bonds is 3. The Morgan fingerprint density at radius 2 is 1.81 bits per heavy atom. The molecule has 5 heteroatoms. The first-order valence-corrected chi connectivity index (χ1v) is 6.11. The van der Waals surface area contributed by atoms with Crippen LogP contribution in [0.5, 0.6) is 0 Å². The molecule has 0 amide bonds. The van der Waals surface area contributed by atoms with Gasteiger partial charge in [0.1, 0.15) is 0 Å². The van der Waals surface area contributed by atoms with Gasteiger partial charge in [0.05, 0.1) is 6.54 Å². The van der Waals surface area contributed by atoms with E-state index in [9.17, 15) is 0 Å². The third-order valence-electron chi connectivity index (χ3n) is 3.76. The van der Waals surface area contributed by atoms with Gasteiger partial charge in [-0.3, -0.25) is 9.89 Å². The summed E-state index contributed by atoms with van der Waals surface area (Å²) in [4.78, 5) is 6.80. The van der Waals surface area contributed by atoms with Gasteiger partial charge in [-0.15, -0.1) is 0 Å². The van der Waals surface area contributed by atoms with Crippen LogP contribution in [-0.4, -0.2) is 49.2 Å². The van der Waals surface area contributed by atoms with Crippen molar-refractivity contribution in [1.29, 1.82) is 0 Å². The molecule has 0 atom stereocenters. The first-order chi connectivity index (χ1) is 7.73. The minimum Gasteiger partial charge on any atom is -0.381 e. The maximum absolute atomic E-state index is 5.45. The fourth-order valence-electron chi connectivity index (χ4n) is 2.76. The lowest BCUT2D eigenvalue weighted by molar-refractivity contribution is -0.0138. The third-order valence-corrected chi connectivity index (χ3v) is 3.76. The summed E-state index contributed by atoms with van der Waals surface area (Å²) in [6.07, 6.45) is 4.68. The Balaban J connectivity index is 2.07. The van der Waals surface area contributed by atoms with Crippen LogP contribution in [0, 0.1) is 0 Å². The topological polar surface area (TPSA) is 76.9 Å². The quantitative estimate of drug-likeness (QED) is 0.520. The normalized spacial score (nSPS) is 25.5. The van der Waals surface area contributed by atoms with Crippen molar-refractivity contribution < 1.29 is 4.74 Å². The molecule has 2 saturated heterocycles. The van der Waals surface area contributed by atoms with Crippen LogP contribution in [-0.2, 0) is 4.74 Å². The second-order valence-electron chi connectivity index (χ2n) is 4.77. The predicted molar refractivity (Wildman–Crippen MR) is 64.3 cm³/mol. The molecule has 0 aliphatic carbocycles. The van der Waals surface area contributed by atoms with Crippen LogP contribution >= 0.6 is 0 Å². The van der Waals surface area contributed by atoms with Gasteiger partial charge in [0, 0.05) is 18.8 Å². The molecule has 92 valence electrons. The monoisotopic (exact) mass is 226 g/mol. The highest BCUT2D eigenvalue weighted by Crippen LogP contribution is 2.31. The lowest BCUT2D eigenvalue weighted by atomic mass is 9.88. The number of aliphatic imine (C=N–C) groups is 1. The van der Waals surface area contributed by atoms with E-state index < -0.39 is 0 Å². The molecule has 0 spiro atoms. The highest BCUT2D eigenvalue weighted by Gasteiger charge is 2.39. The number of likely N-dealkylation sites (tertiary alicyclic amines) is 1. The van der Waals surface area contributed by atoms with Crippen molar-refractivity contribution in [3.05, 3.63) is 0 Å². The van der Waals surface area contributed by atoms with E-state index in [4.69, 9.17) is 16.2 Å². The predicted octanol–water partition coefficient (Wildman–Crippen LogP) is -0.0952. The zero-order chi connectivity index (χ0) is 11.4. The number of hydrogen-bond donors (Lipinski definition) is 2. The Kier molecular flexibility index (Phi) is 3.66. The van der Waals surface area contributed by atoms with Gasteiger partial charge >= 0.3 is 0 Å². The summed E-state index contributed by atoms with van der Waals surface area (Å²) in [6, 6.07) is 0. The van der Waals surface area contributed by atoms with Crippen LogP contribution in [0.3, 0.4) is 0 Å². The zero-order valence-corrected chi connectivity index (χ0v) is 9.82. The van der Waals surface area contributed by atoms with E-state index >= 15 is 0 Å². The van der Waals surface area contributed by atoms with Gasteiger partial charge in [-0.05, 0) is 38.8 Å². The number of nitrogens with zero attached hydrogens (tertiary/aromatic N) is 2.